The van der Waals surface area contributed by atoms with Gasteiger partial charge in [0.1, 0.15) is 12.2 Å². The highest BCUT2D eigenvalue weighted by Gasteiger charge is 2.86. The summed E-state index contributed by atoms with van der Waals surface area (Å²) in [5, 5.41) is 22.7. The molecule has 0 aromatic heterocycles. The maximum Gasteiger partial charge on any atom is 0.342 e. The second kappa shape index (κ2) is 7.65. The number of epoxide rings is 1. The van der Waals surface area contributed by atoms with Gasteiger partial charge in [-0.3, -0.25) is 9.59 Å². The van der Waals surface area contributed by atoms with E-state index in [2.05, 4.69) is 6.58 Å². The van der Waals surface area contributed by atoms with Crippen LogP contribution in [0.4, 0.5) is 0 Å². The molecule has 33 heavy (non-hydrogen) atoms. The smallest absolute Gasteiger partial charge is 0.342 e. The molecule has 2 aliphatic carbocycles. The third-order valence-electron chi connectivity index (χ3n) is 8.05. The maximum atomic E-state index is 12.7. The van der Waals surface area contributed by atoms with Crippen LogP contribution in [-0.2, 0) is 33.3 Å². The molecule has 0 radical (unpaired) electrons. The molecule has 2 aliphatic heterocycles. The van der Waals surface area contributed by atoms with Gasteiger partial charge in [0.15, 0.2) is 17.3 Å². The molecule has 9 heteroatoms. The quantitative estimate of drug-likeness (QED) is 0.269. The van der Waals surface area contributed by atoms with Crippen molar-refractivity contribution in [3.63, 3.8) is 0 Å². The fourth-order valence-electron chi connectivity index (χ4n) is 6.21. The number of hydrogen-bond donors (Lipinski definition) is 2. The number of fused-ring (bicyclic) bond motifs is 1. The van der Waals surface area contributed by atoms with Crippen LogP contribution in [0.15, 0.2) is 23.8 Å². The van der Waals surface area contributed by atoms with Gasteiger partial charge in [0.25, 0.3) is 0 Å². The summed E-state index contributed by atoms with van der Waals surface area (Å²) in [5.41, 5.74) is -2.77. The van der Waals surface area contributed by atoms with E-state index in [0.29, 0.717) is 18.4 Å². The van der Waals surface area contributed by atoms with Crippen molar-refractivity contribution in [2.75, 3.05) is 0 Å². The van der Waals surface area contributed by atoms with Gasteiger partial charge in [-0.15, -0.1) is 0 Å². The molecule has 2 N–H and O–H groups in total. The van der Waals surface area contributed by atoms with Crippen LogP contribution in [0.25, 0.3) is 0 Å². The zero-order valence-corrected chi connectivity index (χ0v) is 19.6. The normalized spacial score (nSPS) is 48.3. The van der Waals surface area contributed by atoms with E-state index in [-0.39, 0.29) is 6.42 Å². The summed E-state index contributed by atoms with van der Waals surface area (Å²) in [6.07, 6.45) is -2.29. The van der Waals surface area contributed by atoms with Crippen molar-refractivity contribution in [2.24, 2.45) is 11.3 Å². The highest BCUT2D eigenvalue weighted by atomic mass is 16.7. The van der Waals surface area contributed by atoms with E-state index in [9.17, 15) is 24.6 Å². The van der Waals surface area contributed by atoms with Crippen LogP contribution >= 0.6 is 0 Å². The van der Waals surface area contributed by atoms with E-state index in [1.807, 2.05) is 6.92 Å². The van der Waals surface area contributed by atoms with Crippen molar-refractivity contribution in [1.82, 2.24) is 0 Å². The number of aliphatic hydroxyl groups is 2. The number of esters is 3. The Bertz CT molecular complexity index is 940. The molecule has 9 nitrogen and oxygen atoms in total. The molecular weight excluding hydrogens is 432 g/mol. The molecule has 182 valence electrons. The van der Waals surface area contributed by atoms with Gasteiger partial charge in [-0.25, -0.2) is 4.79 Å². The first-order valence-corrected chi connectivity index (χ1v) is 11.3. The summed E-state index contributed by atoms with van der Waals surface area (Å²) in [6, 6.07) is 0. The van der Waals surface area contributed by atoms with Gasteiger partial charge >= 0.3 is 17.9 Å². The van der Waals surface area contributed by atoms with E-state index < -0.39 is 71.0 Å². The summed E-state index contributed by atoms with van der Waals surface area (Å²) >= 11 is 0. The first kappa shape index (κ1) is 23.9. The zero-order valence-electron chi connectivity index (χ0n) is 19.6. The lowest BCUT2D eigenvalue weighted by molar-refractivity contribution is -0.200. The Balaban J connectivity index is 1.92. The highest BCUT2D eigenvalue weighted by Crippen LogP contribution is 2.64. The zero-order chi connectivity index (χ0) is 24.5. The molecule has 0 aromatic carbocycles. The lowest BCUT2D eigenvalue weighted by Crippen LogP contribution is -2.63. The Kier molecular flexibility index (Phi) is 5.54. The van der Waals surface area contributed by atoms with Crippen LogP contribution in [-0.4, -0.2) is 69.8 Å². The number of carbonyl (C=O) groups excluding carboxylic acids is 3. The number of hydrogen-bond acceptors (Lipinski definition) is 9. The van der Waals surface area contributed by atoms with Crippen molar-refractivity contribution in [3.05, 3.63) is 23.8 Å². The van der Waals surface area contributed by atoms with Crippen LogP contribution in [0.3, 0.4) is 0 Å². The van der Waals surface area contributed by atoms with Gasteiger partial charge in [0.2, 0.25) is 0 Å². The first-order valence-electron chi connectivity index (χ1n) is 11.3. The Morgan fingerprint density at radius 2 is 1.76 bits per heavy atom. The van der Waals surface area contributed by atoms with Crippen molar-refractivity contribution in [1.29, 1.82) is 0 Å². The van der Waals surface area contributed by atoms with E-state index >= 15 is 0 Å². The van der Waals surface area contributed by atoms with E-state index in [1.54, 1.807) is 19.9 Å². The molecule has 0 amide bonds. The van der Waals surface area contributed by atoms with Gasteiger partial charge in [-0.1, -0.05) is 19.1 Å². The summed E-state index contributed by atoms with van der Waals surface area (Å²) in [7, 11) is 0. The second-order valence-corrected chi connectivity index (χ2v) is 10.1. The molecule has 0 unspecified atom stereocenters. The van der Waals surface area contributed by atoms with Gasteiger partial charge in [0, 0.05) is 26.2 Å². The molecule has 3 fully saturated rings. The van der Waals surface area contributed by atoms with Crippen LogP contribution in [0.1, 0.15) is 53.9 Å². The minimum atomic E-state index is -1.41. The standard InChI is InChI=1S/C24H32O9/c1-11-7-8-16(30-13(3)25)22(5)17(31-14(4)26)10-15(27)12(2)19(22)20(28)24-18(9-11)32-21(29)23(24,6)33-24/h9,15-20,27-28H,2,7-8,10H2,1,3-6H3/b11-9-/t15-,16-,17-,18-,19+,20-,22-,23-,24-/m1/s1. The first-order chi connectivity index (χ1) is 15.3. The van der Waals surface area contributed by atoms with Gasteiger partial charge in [0.05, 0.1) is 17.6 Å². The monoisotopic (exact) mass is 464 g/mol. The Labute approximate surface area is 192 Å². The third-order valence-corrected chi connectivity index (χ3v) is 8.05. The molecule has 1 saturated carbocycles. The largest absolute Gasteiger partial charge is 0.462 e. The van der Waals surface area contributed by atoms with Crippen LogP contribution in [0, 0.1) is 11.3 Å². The summed E-state index contributed by atoms with van der Waals surface area (Å²) in [4.78, 5) is 36.8. The highest BCUT2D eigenvalue weighted by molar-refractivity contribution is 5.89. The molecule has 4 aliphatic rings. The van der Waals surface area contributed by atoms with Crippen molar-refractivity contribution >= 4 is 17.9 Å². The molecule has 2 heterocycles. The molecule has 4 rings (SSSR count). The molecule has 1 spiro atoms. The van der Waals surface area contributed by atoms with Crippen LogP contribution in [0.2, 0.25) is 0 Å². The third kappa shape index (κ3) is 3.27. The summed E-state index contributed by atoms with van der Waals surface area (Å²) < 4.78 is 22.9. The fourth-order valence-corrected chi connectivity index (χ4v) is 6.21. The fraction of sp³-hybridized carbons (Fsp3) is 0.708. The summed E-state index contributed by atoms with van der Waals surface area (Å²) in [5.74, 6) is -2.59. The average molecular weight is 465 g/mol. The molecule has 9 atom stereocenters. The van der Waals surface area contributed by atoms with Crippen molar-refractivity contribution in [3.8, 4) is 0 Å². The summed E-state index contributed by atoms with van der Waals surface area (Å²) in [6.45, 7) is 11.8. The lowest BCUT2D eigenvalue weighted by Gasteiger charge is -2.54. The van der Waals surface area contributed by atoms with Gasteiger partial charge in [-0.05, 0) is 38.3 Å². The predicted molar refractivity (Wildman–Crippen MR) is 114 cm³/mol. The molecular formula is C24H32O9. The van der Waals surface area contributed by atoms with Gasteiger partial charge in [-0.2, -0.15) is 0 Å². The van der Waals surface area contributed by atoms with Crippen molar-refractivity contribution < 1.29 is 43.5 Å². The lowest BCUT2D eigenvalue weighted by atomic mass is 9.55. The number of aliphatic hydroxyl groups excluding tert-OH is 2. The van der Waals surface area contributed by atoms with E-state index in [1.165, 1.54) is 13.8 Å². The van der Waals surface area contributed by atoms with Crippen molar-refractivity contribution in [2.45, 2.75) is 95.6 Å². The number of rotatable bonds is 2. The van der Waals surface area contributed by atoms with E-state index in [4.69, 9.17) is 18.9 Å². The minimum Gasteiger partial charge on any atom is -0.462 e. The average Bonchev–Trinajstić information content (AvgIpc) is 3.30. The van der Waals surface area contributed by atoms with Crippen LogP contribution in [0.5, 0.6) is 0 Å². The topological polar surface area (TPSA) is 132 Å². The Hall–Kier alpha value is -2.23. The second-order valence-electron chi connectivity index (χ2n) is 10.1. The maximum absolute atomic E-state index is 12.7. The van der Waals surface area contributed by atoms with E-state index in [0.717, 1.165) is 5.57 Å². The SMILES string of the molecule is C=C1[C@H](O)C[C@@H](OC(C)=O)[C@@]2(C)[C@H](OC(C)=O)CC/C(C)=C\[C@H]3OC(=O)[C@@]4(C)O[C@@]34[C@H](O)[C@H]12. The molecule has 0 aromatic rings. The Morgan fingerprint density at radius 1 is 1.15 bits per heavy atom. The van der Waals surface area contributed by atoms with Gasteiger partial charge < -0.3 is 29.2 Å². The minimum absolute atomic E-state index is 0.0364. The predicted octanol–water partition coefficient (Wildman–Crippen LogP) is 1.35. The number of ether oxygens (including phenoxy) is 4. The number of allylic oxidation sites excluding steroid dienone is 1. The van der Waals surface area contributed by atoms with Crippen LogP contribution < -0.4 is 0 Å². The molecule has 0 bridgehead atoms. The number of carbonyl (C=O) groups is 3. The Morgan fingerprint density at radius 3 is 2.33 bits per heavy atom. The molecule has 2 saturated heterocycles.